The van der Waals surface area contributed by atoms with Gasteiger partial charge in [-0.05, 0) is 12.8 Å². The number of hydrogen-bond acceptors (Lipinski definition) is 3. The Morgan fingerprint density at radius 2 is 2.12 bits per heavy atom. The molecule has 0 aliphatic carbocycles. The van der Waals surface area contributed by atoms with Crippen molar-refractivity contribution in [3.8, 4) is 0 Å². The minimum atomic E-state index is -0.856. The Hall–Kier alpha value is -1.59. The molecule has 0 spiro atoms. The maximum atomic E-state index is 11.9. The second-order valence-electron chi connectivity index (χ2n) is 4.27. The van der Waals surface area contributed by atoms with E-state index in [2.05, 4.69) is 5.32 Å². The fraction of sp³-hybridized carbons (Fsp3) is 0.700. The fourth-order valence-electron chi connectivity index (χ4n) is 2.18. The van der Waals surface area contributed by atoms with Crippen LogP contribution in [0.25, 0.3) is 0 Å². The second kappa shape index (κ2) is 4.11. The third-order valence-electron chi connectivity index (χ3n) is 3.14. The van der Waals surface area contributed by atoms with Crippen molar-refractivity contribution in [2.24, 2.45) is 5.92 Å². The number of aliphatic carboxylic acids is 1. The van der Waals surface area contributed by atoms with Crippen molar-refractivity contribution in [3.05, 3.63) is 0 Å². The van der Waals surface area contributed by atoms with Gasteiger partial charge in [0, 0.05) is 19.5 Å². The standard InChI is InChI=1S/C10H14N2O4/c13-8-2-1-7(11-8)9(14)12-4-3-6(5-12)10(15)16/h6-7H,1-5H2,(H,11,13)(H,15,16)/t6?,7-/m0/s1. The summed E-state index contributed by atoms with van der Waals surface area (Å²) in [4.78, 5) is 35.1. The van der Waals surface area contributed by atoms with Crippen LogP contribution >= 0.6 is 0 Å². The summed E-state index contributed by atoms with van der Waals surface area (Å²) in [5.41, 5.74) is 0. The van der Waals surface area contributed by atoms with Crippen molar-refractivity contribution in [3.63, 3.8) is 0 Å². The lowest BCUT2D eigenvalue weighted by molar-refractivity contribution is -0.141. The van der Waals surface area contributed by atoms with E-state index in [-0.39, 0.29) is 18.4 Å². The summed E-state index contributed by atoms with van der Waals surface area (Å²) in [5.74, 6) is -1.56. The van der Waals surface area contributed by atoms with Gasteiger partial charge in [0.15, 0.2) is 0 Å². The zero-order valence-corrected chi connectivity index (χ0v) is 8.81. The smallest absolute Gasteiger partial charge is 0.308 e. The molecule has 6 heteroatoms. The number of carbonyl (C=O) groups is 3. The molecule has 0 aromatic carbocycles. The van der Waals surface area contributed by atoms with E-state index < -0.39 is 17.9 Å². The van der Waals surface area contributed by atoms with E-state index in [0.29, 0.717) is 25.8 Å². The second-order valence-corrected chi connectivity index (χ2v) is 4.27. The van der Waals surface area contributed by atoms with Gasteiger partial charge in [0.1, 0.15) is 6.04 Å². The number of nitrogens with one attached hydrogen (secondary N) is 1. The molecule has 1 unspecified atom stereocenters. The first-order valence-electron chi connectivity index (χ1n) is 5.39. The maximum absolute atomic E-state index is 11.9. The minimum absolute atomic E-state index is 0.104. The summed E-state index contributed by atoms with van der Waals surface area (Å²) in [7, 11) is 0. The van der Waals surface area contributed by atoms with Crippen LogP contribution in [0.15, 0.2) is 0 Å². The van der Waals surface area contributed by atoms with Crippen LogP contribution in [0.2, 0.25) is 0 Å². The van der Waals surface area contributed by atoms with Gasteiger partial charge >= 0.3 is 5.97 Å². The Bertz CT molecular complexity index is 342. The quantitative estimate of drug-likeness (QED) is 0.645. The molecule has 2 aliphatic heterocycles. The summed E-state index contributed by atoms with van der Waals surface area (Å²) in [6.07, 6.45) is 1.40. The van der Waals surface area contributed by atoms with Crippen LogP contribution in [-0.2, 0) is 14.4 Å². The topological polar surface area (TPSA) is 86.7 Å². The first-order valence-corrected chi connectivity index (χ1v) is 5.39. The number of amides is 2. The van der Waals surface area contributed by atoms with Crippen LogP contribution in [-0.4, -0.2) is 46.9 Å². The molecule has 2 heterocycles. The Morgan fingerprint density at radius 1 is 1.38 bits per heavy atom. The van der Waals surface area contributed by atoms with Crippen molar-refractivity contribution in [2.45, 2.75) is 25.3 Å². The van der Waals surface area contributed by atoms with Crippen molar-refractivity contribution < 1.29 is 19.5 Å². The van der Waals surface area contributed by atoms with Crippen LogP contribution in [0.1, 0.15) is 19.3 Å². The molecule has 2 fully saturated rings. The highest BCUT2D eigenvalue weighted by molar-refractivity contribution is 5.91. The molecule has 0 saturated carbocycles. The summed E-state index contributed by atoms with van der Waals surface area (Å²) < 4.78 is 0. The van der Waals surface area contributed by atoms with Crippen LogP contribution in [0, 0.1) is 5.92 Å². The zero-order chi connectivity index (χ0) is 11.7. The van der Waals surface area contributed by atoms with Gasteiger partial charge in [-0.3, -0.25) is 14.4 Å². The van der Waals surface area contributed by atoms with Crippen LogP contribution in [0.5, 0.6) is 0 Å². The van der Waals surface area contributed by atoms with Crippen LogP contribution in [0.3, 0.4) is 0 Å². The van der Waals surface area contributed by atoms with Gasteiger partial charge < -0.3 is 15.3 Å². The Labute approximate surface area is 92.6 Å². The first-order chi connectivity index (χ1) is 7.58. The van der Waals surface area contributed by atoms with E-state index in [4.69, 9.17) is 5.11 Å². The van der Waals surface area contributed by atoms with Gasteiger partial charge in [-0.15, -0.1) is 0 Å². The molecule has 0 radical (unpaired) electrons. The third-order valence-corrected chi connectivity index (χ3v) is 3.14. The molecule has 6 nitrogen and oxygen atoms in total. The Morgan fingerprint density at radius 3 is 2.62 bits per heavy atom. The van der Waals surface area contributed by atoms with E-state index in [1.54, 1.807) is 0 Å². The summed E-state index contributed by atoms with van der Waals surface area (Å²) in [6.45, 7) is 0.739. The number of carboxylic acid groups (broad SMARTS) is 1. The number of carbonyl (C=O) groups excluding carboxylic acids is 2. The Balaban J connectivity index is 1.92. The van der Waals surface area contributed by atoms with Crippen LogP contribution in [0.4, 0.5) is 0 Å². The van der Waals surface area contributed by atoms with E-state index in [1.165, 1.54) is 4.90 Å². The van der Waals surface area contributed by atoms with Crippen molar-refractivity contribution in [1.29, 1.82) is 0 Å². The molecular weight excluding hydrogens is 212 g/mol. The van der Waals surface area contributed by atoms with E-state index in [9.17, 15) is 14.4 Å². The van der Waals surface area contributed by atoms with Crippen molar-refractivity contribution >= 4 is 17.8 Å². The lowest BCUT2D eigenvalue weighted by atomic mass is 10.1. The van der Waals surface area contributed by atoms with E-state index in [0.717, 1.165) is 0 Å². The highest BCUT2D eigenvalue weighted by atomic mass is 16.4. The molecule has 2 saturated heterocycles. The number of rotatable bonds is 2. The van der Waals surface area contributed by atoms with E-state index >= 15 is 0 Å². The van der Waals surface area contributed by atoms with Gasteiger partial charge in [-0.1, -0.05) is 0 Å². The molecule has 88 valence electrons. The summed E-state index contributed by atoms with van der Waals surface area (Å²) in [5, 5.41) is 11.4. The molecule has 2 amide bonds. The highest BCUT2D eigenvalue weighted by Gasteiger charge is 2.36. The fourth-order valence-corrected chi connectivity index (χ4v) is 2.18. The molecule has 2 aliphatic rings. The number of hydrogen-bond donors (Lipinski definition) is 2. The molecule has 2 atom stereocenters. The van der Waals surface area contributed by atoms with Gasteiger partial charge in [0.05, 0.1) is 5.92 Å². The molecule has 2 rings (SSSR count). The molecule has 0 aromatic heterocycles. The molecule has 2 N–H and O–H groups in total. The van der Waals surface area contributed by atoms with Crippen molar-refractivity contribution in [1.82, 2.24) is 10.2 Å². The SMILES string of the molecule is O=C1CC[C@@H](C(=O)N2CCC(C(=O)O)C2)N1. The van der Waals surface area contributed by atoms with Crippen LogP contribution < -0.4 is 5.32 Å². The zero-order valence-electron chi connectivity index (χ0n) is 8.81. The number of carboxylic acids is 1. The average Bonchev–Trinajstić information content (AvgIpc) is 2.84. The first kappa shape index (κ1) is 10.9. The van der Waals surface area contributed by atoms with Gasteiger partial charge in [-0.25, -0.2) is 0 Å². The highest BCUT2D eigenvalue weighted by Crippen LogP contribution is 2.19. The molecular formula is C10H14N2O4. The van der Waals surface area contributed by atoms with Crippen molar-refractivity contribution in [2.75, 3.05) is 13.1 Å². The molecule has 0 bridgehead atoms. The van der Waals surface area contributed by atoms with Gasteiger partial charge in [0.2, 0.25) is 11.8 Å². The predicted octanol–water partition coefficient (Wildman–Crippen LogP) is -0.802. The third kappa shape index (κ3) is 2.00. The molecule has 0 aromatic rings. The van der Waals surface area contributed by atoms with E-state index in [1.807, 2.05) is 0 Å². The minimum Gasteiger partial charge on any atom is -0.481 e. The lowest BCUT2D eigenvalue weighted by Gasteiger charge is -2.19. The van der Waals surface area contributed by atoms with Gasteiger partial charge in [0.25, 0.3) is 0 Å². The van der Waals surface area contributed by atoms with Gasteiger partial charge in [-0.2, -0.15) is 0 Å². The maximum Gasteiger partial charge on any atom is 0.308 e. The largest absolute Gasteiger partial charge is 0.481 e. The Kier molecular flexibility index (Phi) is 2.80. The number of likely N-dealkylation sites (tertiary alicyclic amines) is 1. The monoisotopic (exact) mass is 226 g/mol. The normalized spacial score (nSPS) is 29.2. The summed E-state index contributed by atoms with van der Waals surface area (Å²) >= 11 is 0. The lowest BCUT2D eigenvalue weighted by Crippen LogP contribution is -2.43. The molecule has 16 heavy (non-hydrogen) atoms. The number of nitrogens with zero attached hydrogens (tertiary/aromatic N) is 1. The predicted molar refractivity (Wildman–Crippen MR) is 53.5 cm³/mol. The average molecular weight is 226 g/mol. The summed E-state index contributed by atoms with van der Waals surface area (Å²) in [6, 6.07) is -0.444.